The summed E-state index contributed by atoms with van der Waals surface area (Å²) in [7, 11) is 1.42. The largest absolute Gasteiger partial charge is 0.504 e. The lowest BCUT2D eigenvalue weighted by Gasteiger charge is -2.27. The van der Waals surface area contributed by atoms with Gasteiger partial charge in [-0.05, 0) is 65.6 Å². The molecule has 5 rings (SSSR count). The van der Waals surface area contributed by atoms with Crippen LogP contribution in [-0.2, 0) is 4.79 Å². The predicted octanol–water partition coefficient (Wildman–Crippen LogP) is 6.71. The minimum Gasteiger partial charge on any atom is -0.504 e. The Morgan fingerprint density at radius 1 is 1.03 bits per heavy atom. The van der Waals surface area contributed by atoms with Crippen LogP contribution >= 0.6 is 11.6 Å². The van der Waals surface area contributed by atoms with Crippen molar-refractivity contribution in [2.24, 2.45) is 0 Å². The summed E-state index contributed by atoms with van der Waals surface area (Å²) >= 11 is 6.08. The van der Waals surface area contributed by atoms with Gasteiger partial charge in [0.1, 0.15) is 5.58 Å². The Balaban J connectivity index is 1.65. The fourth-order valence-electron chi connectivity index (χ4n) is 4.57. The topological polar surface area (TPSA) is 100 Å². The number of carbonyl (C=O) groups excluding carboxylic acids is 2. The number of hydrogen-bond donors (Lipinski definition) is 2. The predicted molar refractivity (Wildman–Crippen MR) is 141 cm³/mol. The maximum atomic E-state index is 13.8. The molecule has 2 heterocycles. The molecule has 1 unspecified atom stereocenters. The molecule has 37 heavy (non-hydrogen) atoms. The van der Waals surface area contributed by atoms with Crippen LogP contribution in [0.25, 0.3) is 11.0 Å². The fourth-order valence-corrected chi connectivity index (χ4v) is 4.76. The number of phenolic OH excluding ortho intramolecular Hbond substituents is 1. The molecule has 7 nitrogen and oxygen atoms in total. The number of rotatable bonds is 6. The number of benzene rings is 3. The second-order valence-corrected chi connectivity index (χ2v) is 9.58. The molecule has 1 amide bonds. The van der Waals surface area contributed by atoms with E-state index in [1.54, 1.807) is 36.4 Å². The zero-order valence-corrected chi connectivity index (χ0v) is 21.1. The van der Waals surface area contributed by atoms with Gasteiger partial charge in [-0.2, -0.15) is 0 Å². The molecule has 0 spiro atoms. The number of methoxy groups -OCH3 is 1. The highest BCUT2D eigenvalue weighted by Crippen LogP contribution is 2.44. The molecular formula is C29H24ClNO6. The highest BCUT2D eigenvalue weighted by Gasteiger charge is 2.45. The molecule has 0 saturated heterocycles. The first-order valence-electron chi connectivity index (χ1n) is 11.7. The summed E-state index contributed by atoms with van der Waals surface area (Å²) < 4.78 is 10.9. The summed E-state index contributed by atoms with van der Waals surface area (Å²) in [5, 5.41) is 22.6. The number of carbonyl (C=O) groups is 2. The highest BCUT2D eigenvalue weighted by molar-refractivity contribution is 6.31. The molecular weight excluding hydrogens is 494 g/mol. The van der Waals surface area contributed by atoms with Crippen LogP contribution in [0.4, 0.5) is 5.69 Å². The van der Waals surface area contributed by atoms with Crippen molar-refractivity contribution in [2.45, 2.75) is 25.8 Å². The van der Waals surface area contributed by atoms with E-state index >= 15 is 0 Å². The highest BCUT2D eigenvalue weighted by atomic mass is 35.5. The zero-order chi connectivity index (χ0) is 26.4. The van der Waals surface area contributed by atoms with Crippen molar-refractivity contribution in [3.05, 3.63) is 100.0 Å². The number of phenols is 1. The molecule has 188 valence electrons. The Kier molecular flexibility index (Phi) is 6.17. The average Bonchev–Trinajstić information content (AvgIpc) is 3.42. The van der Waals surface area contributed by atoms with Crippen molar-refractivity contribution < 1.29 is 29.0 Å². The van der Waals surface area contributed by atoms with E-state index < -0.39 is 23.5 Å². The number of fused-ring (bicyclic) bond motifs is 1. The number of halogens is 1. The molecule has 0 radical (unpaired) electrons. The number of amides is 1. The Bertz CT molecular complexity index is 1570. The molecule has 0 fully saturated rings. The van der Waals surface area contributed by atoms with Crippen molar-refractivity contribution in [1.29, 1.82) is 0 Å². The number of ketones is 1. The van der Waals surface area contributed by atoms with E-state index in [9.17, 15) is 19.8 Å². The number of aliphatic hydroxyl groups is 1. The van der Waals surface area contributed by atoms with E-state index in [0.717, 1.165) is 5.56 Å². The number of furan rings is 1. The number of ether oxygens (including phenoxy) is 1. The van der Waals surface area contributed by atoms with Crippen molar-refractivity contribution in [1.82, 2.24) is 0 Å². The van der Waals surface area contributed by atoms with Crippen molar-refractivity contribution in [3.63, 3.8) is 0 Å². The van der Waals surface area contributed by atoms with Gasteiger partial charge in [-0.25, -0.2) is 0 Å². The second-order valence-electron chi connectivity index (χ2n) is 9.14. The van der Waals surface area contributed by atoms with E-state index in [2.05, 4.69) is 13.8 Å². The van der Waals surface area contributed by atoms with Gasteiger partial charge in [-0.3, -0.25) is 14.5 Å². The van der Waals surface area contributed by atoms with Crippen LogP contribution in [0.5, 0.6) is 11.5 Å². The molecule has 0 aliphatic carbocycles. The lowest BCUT2D eigenvalue weighted by molar-refractivity contribution is -0.117. The maximum Gasteiger partial charge on any atom is 0.294 e. The maximum absolute atomic E-state index is 13.8. The average molecular weight is 518 g/mol. The molecule has 4 aromatic rings. The Labute approximate surface area is 218 Å². The summed E-state index contributed by atoms with van der Waals surface area (Å²) in [6, 6.07) is 17.4. The standard InChI is InChI=1S/C29H24ClNO6/c1-15(2)16-4-8-20(9-5-16)31-26(17-6-10-23(36-3)21(32)13-17)25(28(34)29(31)35)27(33)24-14-18-12-19(30)7-11-22(18)37-24/h4-15,26,32,34H,1-3H3. The monoisotopic (exact) mass is 517 g/mol. The Morgan fingerprint density at radius 2 is 1.76 bits per heavy atom. The fraction of sp³-hybridized carbons (Fsp3) is 0.172. The van der Waals surface area contributed by atoms with Crippen molar-refractivity contribution in [3.8, 4) is 11.5 Å². The molecule has 1 atom stereocenters. The summed E-state index contributed by atoms with van der Waals surface area (Å²) in [6.07, 6.45) is 0. The molecule has 2 N–H and O–H groups in total. The lowest BCUT2D eigenvalue weighted by Crippen LogP contribution is -2.31. The van der Waals surface area contributed by atoms with Crippen LogP contribution in [0.2, 0.25) is 5.02 Å². The van der Waals surface area contributed by atoms with Crippen LogP contribution in [0.1, 0.15) is 47.5 Å². The van der Waals surface area contributed by atoms with Crippen LogP contribution < -0.4 is 9.64 Å². The third-order valence-electron chi connectivity index (χ3n) is 6.51. The second kappa shape index (κ2) is 9.33. The molecule has 3 aromatic carbocycles. The van der Waals surface area contributed by atoms with Gasteiger partial charge >= 0.3 is 0 Å². The smallest absolute Gasteiger partial charge is 0.294 e. The Hall–Kier alpha value is -4.23. The van der Waals surface area contributed by atoms with Gasteiger partial charge in [0.15, 0.2) is 23.0 Å². The quantitative estimate of drug-likeness (QED) is 0.276. The van der Waals surface area contributed by atoms with Gasteiger partial charge in [-0.1, -0.05) is 43.6 Å². The van der Waals surface area contributed by atoms with E-state index in [0.29, 0.717) is 27.2 Å². The molecule has 0 saturated carbocycles. The first-order chi connectivity index (χ1) is 17.7. The van der Waals surface area contributed by atoms with Crippen LogP contribution in [0, 0.1) is 0 Å². The zero-order valence-electron chi connectivity index (χ0n) is 20.4. The van der Waals surface area contributed by atoms with E-state index in [-0.39, 0.29) is 28.8 Å². The third-order valence-corrected chi connectivity index (χ3v) is 6.75. The summed E-state index contributed by atoms with van der Waals surface area (Å²) in [4.78, 5) is 28.5. The first kappa shape index (κ1) is 24.5. The molecule has 8 heteroatoms. The van der Waals surface area contributed by atoms with Gasteiger partial charge in [0.25, 0.3) is 5.91 Å². The number of anilines is 1. The number of Topliss-reactive ketones (excluding diaryl/α,β-unsaturated/α-hetero) is 1. The van der Waals surface area contributed by atoms with Gasteiger partial charge < -0.3 is 19.4 Å². The van der Waals surface area contributed by atoms with Gasteiger partial charge in [0.05, 0.1) is 18.7 Å². The summed E-state index contributed by atoms with van der Waals surface area (Å²) in [5.74, 6) is -1.78. The van der Waals surface area contributed by atoms with Crippen molar-refractivity contribution in [2.75, 3.05) is 12.0 Å². The molecule has 1 aliphatic heterocycles. The summed E-state index contributed by atoms with van der Waals surface area (Å²) in [6.45, 7) is 4.12. The normalized spacial score (nSPS) is 15.8. The summed E-state index contributed by atoms with van der Waals surface area (Å²) in [5.41, 5.74) is 2.25. The van der Waals surface area contributed by atoms with Crippen LogP contribution in [0.3, 0.4) is 0 Å². The minimum atomic E-state index is -1.03. The van der Waals surface area contributed by atoms with Crippen molar-refractivity contribution >= 4 is 39.9 Å². The number of aliphatic hydroxyl groups excluding tert-OH is 1. The van der Waals surface area contributed by atoms with Gasteiger partial charge in [-0.15, -0.1) is 0 Å². The van der Waals surface area contributed by atoms with Gasteiger partial charge in [0, 0.05) is 16.1 Å². The number of hydrogen-bond acceptors (Lipinski definition) is 6. The van der Waals surface area contributed by atoms with E-state index in [4.69, 9.17) is 20.8 Å². The number of aromatic hydroxyl groups is 1. The van der Waals surface area contributed by atoms with E-state index in [1.165, 1.54) is 30.2 Å². The molecule has 1 aliphatic rings. The lowest BCUT2D eigenvalue weighted by atomic mass is 9.94. The molecule has 0 bridgehead atoms. The minimum absolute atomic E-state index is 0.0497. The first-order valence-corrected chi connectivity index (χ1v) is 12.0. The SMILES string of the molecule is COc1ccc(C2C(C(=O)c3cc4cc(Cl)ccc4o3)=C(O)C(=O)N2c2ccc(C(C)C)cc2)cc1O. The third kappa shape index (κ3) is 4.21. The van der Waals surface area contributed by atoms with Crippen LogP contribution in [0.15, 0.2) is 82.5 Å². The number of nitrogens with zero attached hydrogens (tertiary/aromatic N) is 1. The van der Waals surface area contributed by atoms with Gasteiger partial charge in [0.2, 0.25) is 5.78 Å². The molecule has 1 aromatic heterocycles. The van der Waals surface area contributed by atoms with E-state index in [1.807, 2.05) is 12.1 Å². The van der Waals surface area contributed by atoms with Crippen LogP contribution in [-0.4, -0.2) is 29.0 Å². The Morgan fingerprint density at radius 3 is 2.41 bits per heavy atom.